The normalized spacial score (nSPS) is 13.4. The Bertz CT molecular complexity index is 1190. The molecule has 0 saturated heterocycles. The Morgan fingerprint density at radius 2 is 1.81 bits per heavy atom. The summed E-state index contributed by atoms with van der Waals surface area (Å²) in [6, 6.07) is 20.6. The highest BCUT2D eigenvalue weighted by atomic mass is 35.5. The number of nitrogens with two attached hydrogens (primary N) is 1. The van der Waals surface area contributed by atoms with Crippen LogP contribution in [0.5, 0.6) is 11.5 Å². The van der Waals surface area contributed by atoms with E-state index in [9.17, 15) is 9.67 Å². The van der Waals surface area contributed by atoms with Gasteiger partial charge < -0.3 is 25.4 Å². The molecule has 10 heteroatoms. The van der Waals surface area contributed by atoms with Gasteiger partial charge in [-0.2, -0.15) is 0 Å². The number of phosphoric acid groups is 1. The Morgan fingerprint density at radius 3 is 2.47 bits per heavy atom. The molecular formula is C26H31ClNO6PS. The van der Waals surface area contributed by atoms with E-state index in [-0.39, 0.29) is 12.4 Å². The minimum absolute atomic E-state index is 0.143. The molecule has 36 heavy (non-hydrogen) atoms. The zero-order valence-electron chi connectivity index (χ0n) is 20.0. The molecule has 3 rings (SSSR count). The maximum absolute atomic E-state index is 11.1. The average molecular weight is 552 g/mol. The van der Waals surface area contributed by atoms with Crippen LogP contribution < -0.4 is 10.5 Å². The highest BCUT2D eigenvalue weighted by Crippen LogP contribution is 2.39. The van der Waals surface area contributed by atoms with Crippen molar-refractivity contribution in [2.24, 2.45) is 5.73 Å². The Balaban J connectivity index is 1.64. The van der Waals surface area contributed by atoms with E-state index in [1.807, 2.05) is 55.5 Å². The lowest BCUT2D eigenvalue weighted by atomic mass is 9.89. The number of ether oxygens (including phenoxy) is 1. The van der Waals surface area contributed by atoms with Crippen LogP contribution in [0.1, 0.15) is 37.3 Å². The van der Waals surface area contributed by atoms with E-state index in [0.717, 1.165) is 22.4 Å². The molecule has 0 aliphatic rings. The molecule has 0 radical (unpaired) electrons. The van der Waals surface area contributed by atoms with Crippen molar-refractivity contribution in [2.75, 3.05) is 6.61 Å². The number of benzene rings is 3. The molecule has 3 aromatic carbocycles. The van der Waals surface area contributed by atoms with E-state index in [2.05, 4.69) is 4.52 Å². The molecule has 0 aliphatic carbocycles. The summed E-state index contributed by atoms with van der Waals surface area (Å²) in [5.74, 6) is 0.791. The fourth-order valence-corrected chi connectivity index (χ4v) is 5.37. The predicted octanol–water partition coefficient (Wildman–Crippen LogP) is 6.32. The molecule has 0 spiro atoms. The zero-order chi connectivity index (χ0) is 26.2. The smallest absolute Gasteiger partial charge is 0.469 e. The first kappa shape index (κ1) is 28.5. The Morgan fingerprint density at radius 1 is 1.06 bits per heavy atom. The second kappa shape index (κ2) is 13.0. The third kappa shape index (κ3) is 9.12. The first-order valence-electron chi connectivity index (χ1n) is 11.5. The van der Waals surface area contributed by atoms with Crippen LogP contribution in [0.15, 0.2) is 76.5 Å². The zero-order valence-corrected chi connectivity index (χ0v) is 22.4. The number of rotatable bonds is 13. The Hall–Kier alpha value is -2.03. The highest BCUT2D eigenvalue weighted by molar-refractivity contribution is 7.99. The van der Waals surface area contributed by atoms with Gasteiger partial charge >= 0.3 is 7.82 Å². The molecule has 0 fully saturated rings. The second-order valence-corrected chi connectivity index (χ2v) is 11.4. The van der Waals surface area contributed by atoms with E-state index in [1.54, 1.807) is 18.2 Å². The van der Waals surface area contributed by atoms with Gasteiger partial charge in [-0.1, -0.05) is 73.1 Å². The summed E-state index contributed by atoms with van der Waals surface area (Å²) in [6.07, 6.45) is 2.29. The quantitative estimate of drug-likeness (QED) is 0.182. The molecule has 0 aromatic heterocycles. The van der Waals surface area contributed by atoms with Crippen LogP contribution in [0, 0.1) is 0 Å². The van der Waals surface area contributed by atoms with E-state index < -0.39 is 13.4 Å². The van der Waals surface area contributed by atoms with Crippen molar-refractivity contribution in [3.05, 3.63) is 82.9 Å². The lowest BCUT2D eigenvalue weighted by Gasteiger charge is -2.29. The van der Waals surface area contributed by atoms with Crippen LogP contribution in [0.4, 0.5) is 0 Å². The van der Waals surface area contributed by atoms with Crippen LogP contribution in [-0.4, -0.2) is 27.0 Å². The number of phenolic OH excluding ortho intramolecular Hbond substituents is 1. The number of halogens is 1. The molecule has 7 nitrogen and oxygen atoms in total. The number of phenols is 1. The van der Waals surface area contributed by atoms with Crippen LogP contribution >= 0.6 is 31.2 Å². The van der Waals surface area contributed by atoms with Gasteiger partial charge in [0.25, 0.3) is 0 Å². The minimum Gasteiger partial charge on any atom is -0.507 e. The molecule has 0 bridgehead atoms. The Kier molecular flexibility index (Phi) is 10.3. The van der Waals surface area contributed by atoms with Gasteiger partial charge in [-0.25, -0.2) is 4.57 Å². The molecule has 1 atom stereocenters. The number of phosphoric ester groups is 1. The average Bonchev–Trinajstić information content (AvgIpc) is 2.83. The SMILES string of the molecule is CCCC(N)(CCc1ccc(Sc2cc(OCc3ccccc3)ccc2O)cc1Cl)COP(=O)(O)O. The largest absolute Gasteiger partial charge is 0.507 e. The van der Waals surface area contributed by atoms with Crippen molar-refractivity contribution in [2.45, 2.75) is 54.5 Å². The van der Waals surface area contributed by atoms with E-state index in [0.29, 0.717) is 41.5 Å². The minimum atomic E-state index is -4.60. The van der Waals surface area contributed by atoms with Crippen LogP contribution in [0.25, 0.3) is 0 Å². The maximum atomic E-state index is 11.1. The molecule has 194 valence electrons. The fourth-order valence-electron chi connectivity index (χ4n) is 3.69. The predicted molar refractivity (Wildman–Crippen MR) is 143 cm³/mol. The summed E-state index contributed by atoms with van der Waals surface area (Å²) in [5.41, 5.74) is 7.43. The first-order chi connectivity index (χ1) is 17.1. The van der Waals surface area contributed by atoms with Crippen molar-refractivity contribution in [1.82, 2.24) is 0 Å². The van der Waals surface area contributed by atoms with Crippen molar-refractivity contribution < 1.29 is 28.7 Å². The molecule has 0 amide bonds. The third-order valence-electron chi connectivity index (χ3n) is 5.59. The number of hydrogen-bond acceptors (Lipinski definition) is 6. The van der Waals surface area contributed by atoms with Gasteiger partial charge in [-0.15, -0.1) is 0 Å². The lowest BCUT2D eigenvalue weighted by Crippen LogP contribution is -2.44. The number of aromatic hydroxyl groups is 1. The van der Waals surface area contributed by atoms with E-state index in [4.69, 9.17) is 31.9 Å². The van der Waals surface area contributed by atoms with Gasteiger partial charge in [-0.05, 0) is 60.7 Å². The molecule has 1 unspecified atom stereocenters. The molecular weight excluding hydrogens is 521 g/mol. The van der Waals surface area contributed by atoms with Crippen molar-refractivity contribution in [3.63, 3.8) is 0 Å². The monoisotopic (exact) mass is 551 g/mol. The van der Waals surface area contributed by atoms with E-state index >= 15 is 0 Å². The molecule has 0 heterocycles. The van der Waals surface area contributed by atoms with Crippen LogP contribution in [0.3, 0.4) is 0 Å². The second-order valence-electron chi connectivity index (χ2n) is 8.64. The molecule has 3 aromatic rings. The van der Waals surface area contributed by atoms with Crippen LogP contribution in [-0.2, 0) is 22.1 Å². The summed E-state index contributed by atoms with van der Waals surface area (Å²) < 4.78 is 21.7. The topological polar surface area (TPSA) is 122 Å². The number of aryl methyl sites for hydroxylation is 1. The van der Waals surface area contributed by atoms with Gasteiger partial charge in [0, 0.05) is 15.5 Å². The van der Waals surface area contributed by atoms with Gasteiger partial charge in [0.2, 0.25) is 0 Å². The van der Waals surface area contributed by atoms with Crippen molar-refractivity contribution in [1.29, 1.82) is 0 Å². The van der Waals surface area contributed by atoms with Crippen molar-refractivity contribution >= 4 is 31.2 Å². The van der Waals surface area contributed by atoms with Gasteiger partial charge in [-0.3, -0.25) is 4.52 Å². The van der Waals surface area contributed by atoms with Gasteiger partial charge in [0.15, 0.2) is 0 Å². The summed E-state index contributed by atoms with van der Waals surface area (Å²) in [4.78, 5) is 19.6. The van der Waals surface area contributed by atoms with Gasteiger partial charge in [0.05, 0.1) is 11.5 Å². The molecule has 0 aliphatic heterocycles. The molecule has 0 saturated carbocycles. The maximum Gasteiger partial charge on any atom is 0.469 e. The van der Waals surface area contributed by atoms with Gasteiger partial charge in [0.1, 0.15) is 18.1 Å². The fraction of sp³-hybridized carbons (Fsp3) is 0.308. The lowest BCUT2D eigenvalue weighted by molar-refractivity contribution is 0.141. The highest BCUT2D eigenvalue weighted by Gasteiger charge is 2.28. The third-order valence-corrected chi connectivity index (χ3v) is 7.45. The van der Waals surface area contributed by atoms with Crippen molar-refractivity contribution in [3.8, 4) is 11.5 Å². The molecule has 5 N–H and O–H groups in total. The van der Waals surface area contributed by atoms with Crippen LogP contribution in [0.2, 0.25) is 5.02 Å². The summed E-state index contributed by atoms with van der Waals surface area (Å²) in [6.45, 7) is 2.14. The Labute approximate surface area is 220 Å². The summed E-state index contributed by atoms with van der Waals surface area (Å²) in [5, 5.41) is 10.9. The first-order valence-corrected chi connectivity index (χ1v) is 14.2. The summed E-state index contributed by atoms with van der Waals surface area (Å²) in [7, 11) is -4.60. The number of hydrogen-bond donors (Lipinski definition) is 4. The standard InChI is InChI=1S/C26H31ClNO6PS/c1-2-13-26(28,18-34-35(30,31)32)14-12-20-8-10-22(16-23(20)27)36-25-15-21(9-11-24(25)29)33-17-19-6-4-3-5-7-19/h3-11,15-16,29H,2,12-14,17-18,28H2,1H3,(H2,30,31,32). The summed E-state index contributed by atoms with van der Waals surface area (Å²) >= 11 is 7.91. The van der Waals surface area contributed by atoms with E-state index in [1.165, 1.54) is 11.8 Å².